The lowest BCUT2D eigenvalue weighted by Crippen LogP contribution is -2.32. The van der Waals surface area contributed by atoms with Gasteiger partial charge < -0.3 is 5.32 Å². The summed E-state index contributed by atoms with van der Waals surface area (Å²) in [6, 6.07) is 0.285. The molecule has 0 spiro atoms. The second kappa shape index (κ2) is 5.47. The first kappa shape index (κ1) is 12.8. The van der Waals surface area contributed by atoms with Crippen LogP contribution in [0.15, 0.2) is 0 Å². The fourth-order valence-corrected chi connectivity index (χ4v) is 0.854. The lowest BCUT2D eigenvalue weighted by molar-refractivity contribution is -0.135. The van der Waals surface area contributed by atoms with Crippen molar-refractivity contribution in [3.8, 4) is 0 Å². The highest BCUT2D eigenvalue weighted by molar-refractivity contribution is 4.64. The molecule has 0 rings (SSSR count). The van der Waals surface area contributed by atoms with Crippen LogP contribution in [0.4, 0.5) is 13.2 Å². The van der Waals surface area contributed by atoms with E-state index in [-0.39, 0.29) is 12.5 Å². The van der Waals surface area contributed by atoms with Crippen LogP contribution >= 0.6 is 0 Å². The van der Waals surface area contributed by atoms with E-state index in [0.717, 1.165) is 0 Å². The Kier molecular flexibility index (Phi) is 5.37. The first-order valence-electron chi connectivity index (χ1n) is 4.63. The number of halogens is 3. The zero-order valence-electron chi connectivity index (χ0n) is 8.41. The molecular formula is C9H18F3N. The maximum atomic E-state index is 11.7. The summed E-state index contributed by atoms with van der Waals surface area (Å²) in [7, 11) is 0. The van der Waals surface area contributed by atoms with E-state index in [2.05, 4.69) is 5.32 Å². The van der Waals surface area contributed by atoms with E-state index in [1.165, 1.54) is 0 Å². The largest absolute Gasteiger partial charge is 0.389 e. The third-order valence-corrected chi connectivity index (χ3v) is 2.10. The van der Waals surface area contributed by atoms with Crippen LogP contribution in [0, 0.1) is 5.92 Å². The van der Waals surface area contributed by atoms with Gasteiger partial charge in [0, 0.05) is 12.5 Å². The molecule has 0 bridgehead atoms. The maximum Gasteiger partial charge on any atom is 0.389 e. The molecule has 0 aliphatic rings. The van der Waals surface area contributed by atoms with Gasteiger partial charge in [-0.15, -0.1) is 0 Å². The summed E-state index contributed by atoms with van der Waals surface area (Å²) in [5.74, 6) is 0.464. The van der Waals surface area contributed by atoms with Crippen LogP contribution in [0.2, 0.25) is 0 Å². The summed E-state index contributed by atoms with van der Waals surface area (Å²) >= 11 is 0. The van der Waals surface area contributed by atoms with Gasteiger partial charge in [-0.05, 0) is 25.8 Å². The molecule has 0 aromatic heterocycles. The molecule has 80 valence electrons. The Morgan fingerprint density at radius 3 is 2.08 bits per heavy atom. The standard InChI is InChI=1S/C9H18F3N/c1-7(2)8(3)13-6-4-5-9(10,11)12/h7-8,13H,4-6H2,1-3H3. The minimum Gasteiger partial charge on any atom is -0.314 e. The summed E-state index contributed by atoms with van der Waals surface area (Å²) in [4.78, 5) is 0. The minimum absolute atomic E-state index is 0.167. The molecule has 0 aliphatic heterocycles. The number of hydrogen-bond donors (Lipinski definition) is 1. The van der Waals surface area contributed by atoms with Crippen LogP contribution in [0.25, 0.3) is 0 Å². The van der Waals surface area contributed by atoms with Crippen LogP contribution in [-0.4, -0.2) is 18.8 Å². The highest BCUT2D eigenvalue weighted by atomic mass is 19.4. The molecule has 13 heavy (non-hydrogen) atoms. The molecule has 0 aromatic rings. The van der Waals surface area contributed by atoms with Gasteiger partial charge in [-0.1, -0.05) is 13.8 Å². The fourth-order valence-electron chi connectivity index (χ4n) is 0.854. The van der Waals surface area contributed by atoms with Crippen molar-refractivity contribution in [1.82, 2.24) is 5.32 Å². The Morgan fingerprint density at radius 2 is 1.69 bits per heavy atom. The van der Waals surface area contributed by atoms with Gasteiger partial charge >= 0.3 is 6.18 Å². The SMILES string of the molecule is CC(C)C(C)NCCCC(F)(F)F. The average molecular weight is 197 g/mol. The molecule has 0 saturated heterocycles. The predicted molar refractivity (Wildman–Crippen MR) is 47.6 cm³/mol. The van der Waals surface area contributed by atoms with Gasteiger partial charge in [0.05, 0.1) is 0 Å². The van der Waals surface area contributed by atoms with Crippen molar-refractivity contribution in [1.29, 1.82) is 0 Å². The van der Waals surface area contributed by atoms with Crippen molar-refractivity contribution in [2.45, 2.75) is 45.8 Å². The Morgan fingerprint density at radius 1 is 1.15 bits per heavy atom. The van der Waals surface area contributed by atoms with Gasteiger partial charge in [0.25, 0.3) is 0 Å². The Balaban J connectivity index is 3.36. The third-order valence-electron chi connectivity index (χ3n) is 2.10. The number of hydrogen-bond acceptors (Lipinski definition) is 1. The number of alkyl halides is 3. The van der Waals surface area contributed by atoms with Crippen molar-refractivity contribution in [2.75, 3.05) is 6.54 Å². The molecule has 0 amide bonds. The second-order valence-electron chi connectivity index (χ2n) is 3.71. The summed E-state index contributed by atoms with van der Waals surface area (Å²) in [6.45, 7) is 6.51. The van der Waals surface area contributed by atoms with E-state index >= 15 is 0 Å². The van der Waals surface area contributed by atoms with Gasteiger partial charge in [0.2, 0.25) is 0 Å². The highest BCUT2D eigenvalue weighted by Gasteiger charge is 2.25. The predicted octanol–water partition coefficient (Wildman–Crippen LogP) is 2.96. The van der Waals surface area contributed by atoms with Crippen molar-refractivity contribution < 1.29 is 13.2 Å². The Labute approximate surface area is 77.7 Å². The number of nitrogens with one attached hydrogen (secondary N) is 1. The van der Waals surface area contributed by atoms with Gasteiger partial charge in [0.15, 0.2) is 0 Å². The zero-order valence-corrected chi connectivity index (χ0v) is 8.41. The first-order chi connectivity index (χ1) is 5.83. The summed E-state index contributed by atoms with van der Waals surface area (Å²) in [5, 5.41) is 3.05. The second-order valence-corrected chi connectivity index (χ2v) is 3.71. The topological polar surface area (TPSA) is 12.0 Å². The molecular weight excluding hydrogens is 179 g/mol. The van der Waals surface area contributed by atoms with E-state index in [1.54, 1.807) is 0 Å². The Hall–Kier alpha value is -0.250. The van der Waals surface area contributed by atoms with Crippen LogP contribution in [0.3, 0.4) is 0 Å². The highest BCUT2D eigenvalue weighted by Crippen LogP contribution is 2.20. The lowest BCUT2D eigenvalue weighted by Gasteiger charge is -2.17. The molecule has 1 unspecified atom stereocenters. The molecule has 4 heteroatoms. The fraction of sp³-hybridized carbons (Fsp3) is 1.00. The van der Waals surface area contributed by atoms with E-state index in [0.29, 0.717) is 12.5 Å². The molecule has 0 heterocycles. The summed E-state index contributed by atoms with van der Waals surface area (Å²) in [5.41, 5.74) is 0. The van der Waals surface area contributed by atoms with Crippen LogP contribution in [0.1, 0.15) is 33.6 Å². The molecule has 0 aliphatic carbocycles. The normalized spacial score (nSPS) is 15.0. The molecule has 0 saturated carbocycles. The Bertz CT molecular complexity index is 131. The minimum atomic E-state index is -4.01. The first-order valence-corrected chi connectivity index (χ1v) is 4.63. The van der Waals surface area contributed by atoms with Crippen LogP contribution < -0.4 is 5.32 Å². The van der Waals surface area contributed by atoms with Crippen molar-refractivity contribution in [2.24, 2.45) is 5.92 Å². The molecule has 0 radical (unpaired) electrons. The van der Waals surface area contributed by atoms with Crippen LogP contribution in [0.5, 0.6) is 0 Å². The van der Waals surface area contributed by atoms with E-state index < -0.39 is 12.6 Å². The molecule has 1 atom stereocenters. The van der Waals surface area contributed by atoms with E-state index in [4.69, 9.17) is 0 Å². The smallest absolute Gasteiger partial charge is 0.314 e. The van der Waals surface area contributed by atoms with Gasteiger partial charge in [-0.3, -0.25) is 0 Å². The molecule has 1 nitrogen and oxygen atoms in total. The van der Waals surface area contributed by atoms with Gasteiger partial charge in [0.1, 0.15) is 0 Å². The number of rotatable bonds is 5. The third kappa shape index (κ3) is 8.09. The van der Waals surface area contributed by atoms with Gasteiger partial charge in [-0.25, -0.2) is 0 Å². The summed E-state index contributed by atoms with van der Waals surface area (Å²) in [6.07, 6.45) is -4.53. The van der Waals surface area contributed by atoms with Gasteiger partial charge in [-0.2, -0.15) is 13.2 Å². The van der Waals surface area contributed by atoms with Crippen molar-refractivity contribution in [3.63, 3.8) is 0 Å². The lowest BCUT2D eigenvalue weighted by atomic mass is 10.1. The molecule has 0 aromatic carbocycles. The van der Waals surface area contributed by atoms with E-state index in [9.17, 15) is 13.2 Å². The van der Waals surface area contributed by atoms with Crippen molar-refractivity contribution >= 4 is 0 Å². The zero-order chi connectivity index (χ0) is 10.5. The summed E-state index contributed by atoms with van der Waals surface area (Å²) < 4.78 is 35.1. The van der Waals surface area contributed by atoms with E-state index in [1.807, 2.05) is 20.8 Å². The van der Waals surface area contributed by atoms with Crippen molar-refractivity contribution in [3.05, 3.63) is 0 Å². The molecule has 0 fully saturated rings. The van der Waals surface area contributed by atoms with Crippen LogP contribution in [-0.2, 0) is 0 Å². The quantitative estimate of drug-likeness (QED) is 0.668. The monoisotopic (exact) mass is 197 g/mol. The average Bonchev–Trinajstić information content (AvgIpc) is 1.95. The molecule has 1 N–H and O–H groups in total. The maximum absolute atomic E-state index is 11.7.